The molecule has 43 heavy (non-hydrogen) atoms. The Labute approximate surface area is 479 Å². The van der Waals surface area contributed by atoms with Crippen molar-refractivity contribution in [2.75, 3.05) is 0 Å². The molecule has 232 valence electrons. The van der Waals surface area contributed by atoms with Crippen LogP contribution in [0.3, 0.4) is 0 Å². The summed E-state index contributed by atoms with van der Waals surface area (Å²) in [6.45, 7) is 0. The summed E-state index contributed by atoms with van der Waals surface area (Å²) in [7, 11) is -32.3. The van der Waals surface area contributed by atoms with E-state index in [4.69, 9.17) is 115 Å². The molecule has 0 radical (unpaired) electrons. The third-order valence-electron chi connectivity index (χ3n) is 0. The first kappa shape index (κ1) is 124. The van der Waals surface area contributed by atoms with Crippen molar-refractivity contribution in [2.45, 2.75) is 0 Å². The van der Waals surface area contributed by atoms with E-state index in [1.165, 1.54) is 0 Å². The normalized spacial score (nSPS) is 8.23. The Balaban J connectivity index is -0.00000000892. The van der Waals surface area contributed by atoms with Gasteiger partial charge in [0.1, 0.15) is 0 Å². The molecule has 0 aromatic carbocycles. The molecule has 0 fully saturated rings. The van der Waals surface area contributed by atoms with E-state index in [9.17, 15) is 0 Å². The molecule has 10 N–H and O–H groups in total. The van der Waals surface area contributed by atoms with Gasteiger partial charge in [-0.1, -0.05) is 0 Å². The van der Waals surface area contributed by atoms with E-state index in [-0.39, 0.29) is 329 Å². The molecule has 0 rings (SSSR count). The van der Waals surface area contributed by atoms with Crippen LogP contribution in [0.4, 0.5) is 0 Å². The minimum atomic E-state index is -5.39. The van der Waals surface area contributed by atoms with Gasteiger partial charge in [-0.25, -0.2) is 0 Å². The average Bonchev–Trinajstić information content (AvgIpc) is 1.94. The van der Waals surface area contributed by atoms with Crippen LogP contribution >= 0.6 is 46.9 Å². The van der Waals surface area contributed by atoms with E-state index < -0.39 is 46.9 Å². The fourth-order valence-corrected chi connectivity index (χ4v) is 0. The van der Waals surface area contributed by atoms with Gasteiger partial charge in [-0.15, -0.1) is 0 Å². The fraction of sp³-hybridized carbons (Fsp3) is 0. The maximum atomic E-state index is 8.55. The molecule has 43 heteroatoms. The SMILES string of the molecule is O.O.O.O.O.O=P([O-])([O-])[O-].O=P([O-])([O-])[O-].O=P([O-])([O-])[O-].O=P([O-])([O-])[O-].O=P([O-])([O-])[O-].O=P([O-])([O-])[O-].[Ca+2].[Ca+2].[Ca+2].[Ca+2].[Ca+2].[Ca+2].[Ca+2].[Ca+2]. The number of rotatable bonds is 0. The van der Waals surface area contributed by atoms with Crippen LogP contribution in [0.1, 0.15) is 0 Å². The van der Waals surface area contributed by atoms with Crippen molar-refractivity contribution in [1.29, 1.82) is 0 Å². The Hall–Kier alpha value is 10.5. The summed E-state index contributed by atoms with van der Waals surface area (Å²) in [6.07, 6.45) is 0. The quantitative estimate of drug-likeness (QED) is 0.161. The third-order valence-corrected chi connectivity index (χ3v) is 0. The Morgan fingerprint density at radius 3 is 0.186 bits per heavy atom. The molecule has 0 aliphatic rings. The first-order chi connectivity index (χ1) is 12.0. The zero-order valence-corrected chi connectivity index (χ0v) is 43.7. The average molecular weight is 981 g/mol. The van der Waals surface area contributed by atoms with Gasteiger partial charge in [0, 0.05) is 0 Å². The zero-order chi connectivity index (χ0) is 27.0. The van der Waals surface area contributed by atoms with Crippen LogP contribution in [-0.4, -0.2) is 329 Å². The maximum absolute atomic E-state index is 8.55. The van der Waals surface area contributed by atoms with Crippen molar-refractivity contribution in [1.82, 2.24) is 0 Å². The van der Waals surface area contributed by atoms with Gasteiger partial charge in [0.15, 0.2) is 0 Å². The molecule has 29 nitrogen and oxygen atoms in total. The predicted molar refractivity (Wildman–Crippen MR) is 110 cm³/mol. The fourth-order valence-electron chi connectivity index (χ4n) is 0. The Morgan fingerprint density at radius 1 is 0.186 bits per heavy atom. The molecule has 0 aromatic rings. The van der Waals surface area contributed by atoms with Crippen LogP contribution in [0.15, 0.2) is 0 Å². The monoisotopic (exact) mass is 979 g/mol. The molecule has 0 saturated carbocycles. The van der Waals surface area contributed by atoms with E-state index in [2.05, 4.69) is 0 Å². The summed E-state index contributed by atoms with van der Waals surface area (Å²) in [5.41, 5.74) is 0. The molecule has 0 amide bonds. The molecule has 0 aliphatic carbocycles. The number of hydrogen-bond donors (Lipinski definition) is 0. The molecular weight excluding hydrogens is 970 g/mol. The van der Waals surface area contributed by atoms with Gasteiger partial charge in [0.05, 0.1) is 0 Å². The van der Waals surface area contributed by atoms with Gasteiger partial charge in [0.2, 0.25) is 0 Å². The van der Waals surface area contributed by atoms with Crippen molar-refractivity contribution in [3.8, 4) is 0 Å². The van der Waals surface area contributed by atoms with Gasteiger partial charge in [-0.05, 0) is 0 Å². The van der Waals surface area contributed by atoms with Crippen LogP contribution < -0.4 is 88.1 Å². The molecule has 0 bridgehead atoms. The van der Waals surface area contributed by atoms with E-state index in [0.29, 0.717) is 0 Å². The standard InChI is InChI=1S/8Ca.6H3O4P.5H2O/c;;;;;;;;6*1-5(2,3)4;;;;;/h;;;;;;;;6*(H3,1,2,3,4);5*1H2/q8*+2;;;;;;;;;;;/p-18. The second-order valence-electron chi connectivity index (χ2n) is 2.68. The van der Waals surface area contributed by atoms with E-state index in [1.807, 2.05) is 0 Å². The first-order valence-corrected chi connectivity index (χ1v) is 13.1. The minimum absolute atomic E-state index is 0. The molecular formula is H10Ca8O29P6-2. The molecule has 0 atom stereocenters. The van der Waals surface area contributed by atoms with Crippen LogP contribution in [0.2, 0.25) is 0 Å². The van der Waals surface area contributed by atoms with Crippen molar-refractivity contribution in [3.05, 3.63) is 0 Å². The van der Waals surface area contributed by atoms with Crippen molar-refractivity contribution in [2.24, 2.45) is 0 Å². The molecule has 0 aromatic heterocycles. The van der Waals surface area contributed by atoms with Gasteiger partial charge < -0.3 is 143 Å². The van der Waals surface area contributed by atoms with Crippen molar-refractivity contribution >= 4 is 349 Å². The Bertz CT molecular complexity index is 485. The van der Waals surface area contributed by atoms with E-state index in [1.54, 1.807) is 0 Å². The minimum Gasteiger partial charge on any atom is -0.822 e. The summed E-state index contributed by atoms with van der Waals surface area (Å²) in [5, 5.41) is 0. The van der Waals surface area contributed by atoms with Gasteiger partial charge in [-0.3, -0.25) is 0 Å². The van der Waals surface area contributed by atoms with Crippen molar-refractivity contribution < 1.29 is 143 Å². The van der Waals surface area contributed by atoms with Gasteiger partial charge >= 0.3 is 302 Å². The maximum Gasteiger partial charge on any atom is 2.00 e. The van der Waals surface area contributed by atoms with E-state index in [0.717, 1.165) is 0 Å². The summed E-state index contributed by atoms with van der Waals surface area (Å²) < 4.78 is 51.3. The van der Waals surface area contributed by atoms with Gasteiger partial charge in [0.25, 0.3) is 0 Å². The topological polar surface area (TPSA) is 675 Å². The van der Waals surface area contributed by atoms with Crippen molar-refractivity contribution in [3.63, 3.8) is 0 Å². The molecule has 0 aliphatic heterocycles. The summed E-state index contributed by atoms with van der Waals surface area (Å²) in [6, 6.07) is 0. The summed E-state index contributed by atoms with van der Waals surface area (Å²) >= 11 is 0. The van der Waals surface area contributed by atoms with Crippen LogP contribution in [-0.2, 0) is 27.4 Å². The second-order valence-corrected chi connectivity index (χ2v) is 8.05. The van der Waals surface area contributed by atoms with Crippen LogP contribution in [0, 0.1) is 0 Å². The molecule has 0 heterocycles. The third kappa shape index (κ3) is 1210. The first-order valence-electron chi connectivity index (χ1n) is 4.38. The summed E-state index contributed by atoms with van der Waals surface area (Å²) in [5.74, 6) is 0. The largest absolute Gasteiger partial charge is 2.00 e. The van der Waals surface area contributed by atoms with E-state index >= 15 is 0 Å². The molecule has 0 spiro atoms. The summed E-state index contributed by atoms with van der Waals surface area (Å²) in [4.78, 5) is 154. The van der Waals surface area contributed by atoms with Crippen LogP contribution in [0.5, 0.6) is 0 Å². The Kier molecular flexibility index (Phi) is 186. The Morgan fingerprint density at radius 2 is 0.186 bits per heavy atom. The van der Waals surface area contributed by atoms with Crippen LogP contribution in [0.25, 0.3) is 0 Å². The predicted octanol–water partition coefficient (Wildman–Crippen LogP) is -24.1. The number of hydrogen-bond acceptors (Lipinski definition) is 24. The molecule has 0 saturated heterocycles. The smallest absolute Gasteiger partial charge is 0.822 e. The molecule has 0 unspecified atom stereocenters. The number of phosphoric acid groups is 6. The zero-order valence-electron chi connectivity index (χ0n) is 20.6. The second kappa shape index (κ2) is 64.4. The van der Waals surface area contributed by atoms with Gasteiger partial charge in [-0.2, -0.15) is 46.9 Å².